The number of nitrogens with one attached hydrogen (secondary N) is 9. The van der Waals surface area contributed by atoms with Crippen LogP contribution < -0.4 is 50.3 Å². The second-order valence-electron chi connectivity index (χ2n) is 32.4. The van der Waals surface area contributed by atoms with Gasteiger partial charge in [-0.3, -0.25) is 105 Å². The van der Waals surface area contributed by atoms with Gasteiger partial charge in [0.2, 0.25) is 48.3 Å². The smallest absolute Gasteiger partial charge is 0.416 e. The molecule has 1 fully saturated rings. The number of amides is 6. The Labute approximate surface area is 845 Å². The Balaban J connectivity index is 0.000000117. The highest BCUT2D eigenvalue weighted by Crippen LogP contribution is 2.36. The quantitative estimate of drug-likeness (QED) is 0.0254. The van der Waals surface area contributed by atoms with Crippen molar-refractivity contribution in [3.63, 3.8) is 0 Å². The van der Waals surface area contributed by atoms with Crippen LogP contribution in [0.25, 0.3) is 56.8 Å². The predicted octanol–water partition coefficient (Wildman–Crippen LogP) is 14.6. The first-order valence-corrected chi connectivity index (χ1v) is 46.6. The van der Waals surface area contributed by atoms with Crippen LogP contribution in [0.5, 0.6) is 28.7 Å². The van der Waals surface area contributed by atoms with Crippen LogP contribution in [0.4, 0.5) is 37.0 Å². The summed E-state index contributed by atoms with van der Waals surface area (Å²) in [6.45, 7) is 0.881. The van der Waals surface area contributed by atoms with Crippen molar-refractivity contribution >= 4 is 111 Å². The van der Waals surface area contributed by atoms with Crippen molar-refractivity contribution in [1.29, 1.82) is 0 Å². The Hall–Kier alpha value is -19.3. The zero-order valence-corrected chi connectivity index (χ0v) is 78.9. The number of Topliss-reactive ketones (excluding diaryl/α,β-unsaturated/α-hetero) is 1. The SMILES string of the molecule is O=C(CC1=NN=C(c2ccccn2)C1)c1ccc2c(c1)CCO2.O=C(COc1ccccc1)Nc1n[nH]c(-c2ccccn2)n1.O=C(Cc1ccc2c(c1)OCO2)Nc1n[nH]c(-c2ccccn2)n1.O=C(NC1=NN=C(c2ccccn2)C1)C1Cc2cc(Cl)ccc2O1.O=C(Nc1n[nH]c(-c2ccccn2)n1)C1CC(=O)N(Cc2cccc(C(F)(F)F)c2)C1.O=C(Nc1n[nH]c(-c2ccccn2)n1)c1csc(-c2ccco2)n1. The molecule has 9 N–H and O–H groups in total. The molecule has 0 bridgehead atoms. The molecular weight excluding hydrogens is 1950 g/mol. The third-order valence-electron chi connectivity index (χ3n) is 22.0. The summed E-state index contributed by atoms with van der Waals surface area (Å²) in [5.41, 5.74) is 9.80. The summed E-state index contributed by atoms with van der Waals surface area (Å²) in [4.78, 5) is 133. The first-order valence-electron chi connectivity index (χ1n) is 45.4. The second-order valence-corrected chi connectivity index (χ2v) is 33.7. The summed E-state index contributed by atoms with van der Waals surface area (Å²) in [5, 5.41) is 59.2. The molecule has 0 aliphatic carbocycles. The van der Waals surface area contributed by atoms with Crippen LogP contribution in [-0.2, 0) is 56.0 Å². The number of thiazole rings is 1. The number of carbonyl (C=O) groups excluding carboxylic acids is 7. The molecule has 12 aromatic heterocycles. The number of nitrogens with zero attached hydrogens (tertiary/aromatic N) is 20. The van der Waals surface area contributed by atoms with Crippen molar-refractivity contribution in [2.24, 2.45) is 26.3 Å². The van der Waals surface area contributed by atoms with E-state index in [4.69, 9.17) is 39.7 Å². The number of aromatic amines is 4. The lowest BCUT2D eigenvalue weighted by atomic mass is 10.00. The Kier molecular flexibility index (Phi) is 31.5. The molecule has 5 aromatic carbocycles. The number of alkyl halides is 3. The number of carbonyl (C=O) groups is 7. The number of hydrogen-bond acceptors (Lipinski definition) is 33. The normalized spacial score (nSPS) is 14.1. The van der Waals surface area contributed by atoms with E-state index in [9.17, 15) is 46.7 Å². The summed E-state index contributed by atoms with van der Waals surface area (Å²) in [6.07, 6.45) is 9.32. The molecule has 47 heteroatoms. The molecule has 742 valence electrons. The van der Waals surface area contributed by atoms with Gasteiger partial charge in [0, 0.05) is 91.9 Å². The summed E-state index contributed by atoms with van der Waals surface area (Å²) < 4.78 is 71.0. The average molecular weight is 2030 g/mol. The number of anilines is 4. The van der Waals surface area contributed by atoms with Crippen molar-refractivity contribution in [3.8, 4) is 85.6 Å². The lowest BCUT2D eigenvalue weighted by Gasteiger charge is -2.17. The molecule has 18 heterocycles. The lowest BCUT2D eigenvalue weighted by molar-refractivity contribution is -0.137. The maximum absolute atomic E-state index is 12.9. The van der Waals surface area contributed by atoms with E-state index in [0.717, 1.165) is 69.5 Å². The Morgan fingerprint density at radius 3 is 1.66 bits per heavy atom. The molecule has 2 unspecified atom stereocenters. The van der Waals surface area contributed by atoms with Crippen LogP contribution in [0.1, 0.15) is 85.7 Å². The number of rotatable bonds is 24. The fourth-order valence-corrected chi connectivity index (χ4v) is 15.9. The van der Waals surface area contributed by atoms with Crippen LogP contribution in [0.15, 0.2) is 304 Å². The van der Waals surface area contributed by atoms with Gasteiger partial charge < -0.3 is 38.3 Å². The standard InChI is InChI=1S/C20H17F3N6O2.C18H15N3O2.C17H13ClN4O2.C16H13N5O3.C15H10N6O2S.C15H13N5O2/c21-20(22,23)14-5-3-4-12(8-14)10-29-11-13(9-16(29)30)18(31)26-19-25-17(27-28-19)15-6-1-2-7-24-15;22-17(12-4-5-18-13(9-12)6-8-23-18)11-14-10-16(21-20-14)15-3-1-2-7-19-15;18-11-4-5-14-10(7-11)8-15(24-14)17(23)20-16-9-13(21-22-16)12-3-1-2-6-19-12;22-14(8-10-4-5-12-13(7-10)24-9-23-12)18-16-19-15(20-21-16)11-3-1-2-6-17-11;22-13(10-8-24-14(17-10)11-5-3-7-23-11)19-15-18-12(20-21-15)9-4-1-2-6-16-9;21-13(10-22-11-6-2-1-3-7-11)17-15-18-14(19-20-15)12-8-4-5-9-16-12/h1-8,13H,9-11H2,(H2,25,26,27,28,31);1-5,7,9H,6,8,10-11H2;1-7,15H,8-9H2,(H,20,22,23);1-7H,8-9H2,(H2,18,19,20,21,22);1-8H,(H2,18,19,20,21,22);1-9H,10H2,(H2,17,18,19,20,21). The van der Waals surface area contributed by atoms with E-state index in [1.807, 2.05) is 115 Å². The van der Waals surface area contributed by atoms with E-state index in [1.165, 1.54) is 28.4 Å². The Bertz CT molecular complexity index is 7710. The Morgan fingerprint density at radius 1 is 0.486 bits per heavy atom. The van der Waals surface area contributed by atoms with Gasteiger partial charge in [0.05, 0.1) is 72.1 Å². The number of para-hydroxylation sites is 1. The lowest BCUT2D eigenvalue weighted by Crippen LogP contribution is -2.40. The maximum atomic E-state index is 12.9. The van der Waals surface area contributed by atoms with Crippen LogP contribution in [0, 0.1) is 5.92 Å². The fourth-order valence-electron chi connectivity index (χ4n) is 14.9. The topological polar surface area (TPSA) is 548 Å². The molecule has 1 saturated heterocycles. The number of halogens is 4. The van der Waals surface area contributed by atoms with Gasteiger partial charge in [-0.1, -0.05) is 84.4 Å². The number of H-pyrrole nitrogens is 4. The van der Waals surface area contributed by atoms with Crippen molar-refractivity contribution in [2.45, 2.75) is 63.8 Å². The van der Waals surface area contributed by atoms with Crippen molar-refractivity contribution in [2.75, 3.05) is 47.8 Å². The van der Waals surface area contributed by atoms with Crippen molar-refractivity contribution < 1.29 is 74.8 Å². The molecule has 42 nitrogen and oxygen atoms in total. The summed E-state index contributed by atoms with van der Waals surface area (Å²) >= 11 is 7.29. The number of likely N-dealkylation sites (tertiary alicyclic amines) is 1. The highest BCUT2D eigenvalue weighted by atomic mass is 35.5. The predicted molar refractivity (Wildman–Crippen MR) is 533 cm³/mol. The first kappa shape index (κ1) is 98.9. The number of ketones is 1. The van der Waals surface area contributed by atoms with E-state index in [0.29, 0.717) is 134 Å². The van der Waals surface area contributed by atoms with E-state index in [1.54, 1.807) is 140 Å². The van der Waals surface area contributed by atoms with Gasteiger partial charge in [-0.05, 0) is 180 Å². The number of hydrogen-bond donors (Lipinski definition) is 9. The van der Waals surface area contributed by atoms with Gasteiger partial charge in [0.25, 0.3) is 17.7 Å². The van der Waals surface area contributed by atoms with E-state index in [2.05, 4.69) is 143 Å². The molecule has 23 rings (SSSR count). The average Bonchev–Trinajstić information content (AvgIpc) is 1.69. The molecule has 17 aromatic rings. The zero-order valence-electron chi connectivity index (χ0n) is 77.4. The summed E-state index contributed by atoms with van der Waals surface area (Å²) in [5.74, 6) is 4.58. The Morgan fingerprint density at radius 2 is 1.05 bits per heavy atom. The monoisotopic (exact) mass is 2030 g/mol. The minimum atomic E-state index is -4.46. The summed E-state index contributed by atoms with van der Waals surface area (Å²) in [7, 11) is 0. The molecule has 6 aliphatic heterocycles. The number of ether oxygens (including phenoxy) is 5. The highest BCUT2D eigenvalue weighted by molar-refractivity contribution is 7.13. The number of pyridine rings is 6. The second kappa shape index (κ2) is 47.1. The molecular formula is C101H81ClF3N29O13S. The minimum absolute atomic E-state index is 0.00296. The van der Waals surface area contributed by atoms with Crippen molar-refractivity contribution in [1.82, 2.24) is 106 Å². The molecule has 148 heavy (non-hydrogen) atoms. The highest BCUT2D eigenvalue weighted by Gasteiger charge is 2.37. The first-order chi connectivity index (χ1) is 72.1. The van der Waals surface area contributed by atoms with Crippen LogP contribution in [0.3, 0.4) is 0 Å². The number of benzene rings is 5. The largest absolute Gasteiger partial charge is 0.493 e. The molecule has 0 spiro atoms. The van der Waals surface area contributed by atoms with Crippen LogP contribution in [0.2, 0.25) is 5.02 Å². The minimum Gasteiger partial charge on any atom is -0.493 e. The molecule has 6 amide bonds. The molecule has 6 aliphatic rings. The van der Waals surface area contributed by atoms with Gasteiger partial charge >= 0.3 is 6.18 Å². The number of fused-ring (bicyclic) bond motifs is 3. The van der Waals surface area contributed by atoms with Gasteiger partial charge in [-0.2, -0.15) is 48.4 Å². The van der Waals surface area contributed by atoms with Gasteiger partial charge in [0.15, 0.2) is 64.1 Å². The summed E-state index contributed by atoms with van der Waals surface area (Å²) in [6, 6.07) is 66.7. The number of aromatic nitrogens is 19. The molecule has 0 saturated carbocycles. The molecule has 2 atom stereocenters. The maximum Gasteiger partial charge on any atom is 0.416 e. The third-order valence-corrected chi connectivity index (χ3v) is 23.1. The van der Waals surface area contributed by atoms with Gasteiger partial charge in [-0.15, -0.1) is 36.8 Å². The van der Waals surface area contributed by atoms with Crippen LogP contribution in [-0.4, -0.2) is 197 Å². The van der Waals surface area contributed by atoms with Crippen molar-refractivity contribution in [3.05, 3.63) is 335 Å². The number of amidine groups is 1. The molecule has 0 radical (unpaired) electrons. The van der Waals surface area contributed by atoms with Crippen LogP contribution >= 0.6 is 22.9 Å². The van der Waals surface area contributed by atoms with E-state index < -0.39 is 35.6 Å². The van der Waals surface area contributed by atoms with E-state index >= 15 is 0 Å². The number of furan rings is 1. The van der Waals surface area contributed by atoms with E-state index in [-0.39, 0.29) is 98.2 Å². The third kappa shape index (κ3) is 26.5. The van der Waals surface area contributed by atoms with Gasteiger partial charge in [-0.25, -0.2) is 4.98 Å². The van der Waals surface area contributed by atoms with Gasteiger partial charge in [0.1, 0.15) is 51.6 Å². The fraction of sp³-hybridized carbons (Fsp3) is 0.149. The zero-order chi connectivity index (χ0) is 102.